The summed E-state index contributed by atoms with van der Waals surface area (Å²) >= 11 is 4.75. The summed E-state index contributed by atoms with van der Waals surface area (Å²) in [7, 11) is 0. The fraction of sp³-hybridized carbons (Fsp3) is 0.0588. The third-order valence-electron chi connectivity index (χ3n) is 3.92. The van der Waals surface area contributed by atoms with Crippen LogP contribution < -0.4 is 11.2 Å². The molecule has 0 aliphatic heterocycles. The van der Waals surface area contributed by atoms with Crippen LogP contribution in [0.5, 0.6) is 0 Å². The molecule has 4 rings (SSSR count). The third kappa shape index (κ3) is 2.20. The normalized spacial score (nSPS) is 11.4. The molecule has 0 saturated heterocycles. The largest absolute Gasteiger partial charge is 0.421 e. The molecule has 5 nitrogen and oxygen atoms in total. The van der Waals surface area contributed by atoms with Crippen molar-refractivity contribution in [1.29, 1.82) is 0 Å². The number of hydrogen-bond donors (Lipinski definition) is 1. The average molecular weight is 403 g/mol. The van der Waals surface area contributed by atoms with Crippen LogP contribution in [-0.2, 0) is 6.54 Å². The Balaban J connectivity index is 2.12. The van der Waals surface area contributed by atoms with Gasteiger partial charge in [0.25, 0.3) is 0 Å². The van der Waals surface area contributed by atoms with Crippen molar-refractivity contribution < 1.29 is 5.21 Å². The number of halogens is 1. The van der Waals surface area contributed by atoms with Crippen LogP contribution >= 0.6 is 27.3 Å². The molecule has 2 aromatic carbocycles. The molecule has 0 unspecified atom stereocenters. The highest BCUT2D eigenvalue weighted by molar-refractivity contribution is 9.10. The number of aromatic nitrogens is 2. The van der Waals surface area contributed by atoms with Crippen molar-refractivity contribution >= 4 is 47.6 Å². The molecule has 7 heteroatoms. The summed E-state index contributed by atoms with van der Waals surface area (Å²) in [5, 5.41) is 10.8. The van der Waals surface area contributed by atoms with E-state index < -0.39 is 11.2 Å². The smallest absolute Gasteiger partial charge is 0.365 e. The second-order valence-electron chi connectivity index (χ2n) is 5.35. The Morgan fingerprint density at radius 3 is 2.54 bits per heavy atom. The van der Waals surface area contributed by atoms with Gasteiger partial charge in [0.05, 0.1) is 12.1 Å². The summed E-state index contributed by atoms with van der Waals surface area (Å²) in [6, 6.07) is 15.1. The van der Waals surface area contributed by atoms with Crippen molar-refractivity contribution in [3.63, 3.8) is 0 Å². The quantitative estimate of drug-likeness (QED) is 0.522. The van der Waals surface area contributed by atoms with Crippen LogP contribution in [0.3, 0.4) is 0 Å². The van der Waals surface area contributed by atoms with Gasteiger partial charge < -0.3 is 5.21 Å². The highest BCUT2D eigenvalue weighted by Gasteiger charge is 2.18. The Hall–Kier alpha value is -2.38. The molecule has 0 amide bonds. The first-order valence-corrected chi connectivity index (χ1v) is 8.78. The predicted octanol–water partition coefficient (Wildman–Crippen LogP) is 3.43. The summed E-state index contributed by atoms with van der Waals surface area (Å²) in [6.45, 7) is 0.248. The zero-order chi connectivity index (χ0) is 16.8. The lowest BCUT2D eigenvalue weighted by molar-refractivity contribution is 0.158. The van der Waals surface area contributed by atoms with E-state index in [1.54, 1.807) is 0 Å². The lowest BCUT2D eigenvalue weighted by Gasteiger charge is -2.10. The molecule has 120 valence electrons. The minimum Gasteiger partial charge on any atom is -0.421 e. The standard InChI is InChI=1S/C17H11BrN2O3S/c18-12-7-3-1-5-10(12)9-19-14-11-6-2-4-8-13(11)24-15(14)16(21)20(23)17(19)22/h1-8,23H,9H2. The van der Waals surface area contributed by atoms with Crippen molar-refractivity contribution in [3.05, 3.63) is 79.4 Å². The van der Waals surface area contributed by atoms with Gasteiger partial charge in [-0.1, -0.05) is 57.1 Å². The van der Waals surface area contributed by atoms with Crippen LogP contribution in [0.1, 0.15) is 5.56 Å². The van der Waals surface area contributed by atoms with Gasteiger partial charge in [-0.25, -0.2) is 4.79 Å². The maximum Gasteiger partial charge on any atom is 0.365 e. The molecule has 0 spiro atoms. The number of fused-ring (bicyclic) bond motifs is 3. The van der Waals surface area contributed by atoms with Gasteiger partial charge in [0, 0.05) is 14.6 Å². The van der Waals surface area contributed by atoms with Gasteiger partial charge in [-0.2, -0.15) is 0 Å². The predicted molar refractivity (Wildman–Crippen MR) is 98.3 cm³/mol. The summed E-state index contributed by atoms with van der Waals surface area (Å²) in [5.74, 6) is 0. The zero-order valence-electron chi connectivity index (χ0n) is 12.3. The fourth-order valence-electron chi connectivity index (χ4n) is 2.78. The molecule has 0 radical (unpaired) electrons. The molecule has 0 bridgehead atoms. The summed E-state index contributed by atoms with van der Waals surface area (Å²) in [5.41, 5.74) is 0.0212. The lowest BCUT2D eigenvalue weighted by atomic mass is 10.2. The summed E-state index contributed by atoms with van der Waals surface area (Å²) < 4.78 is 3.76. The molecule has 24 heavy (non-hydrogen) atoms. The highest BCUT2D eigenvalue weighted by atomic mass is 79.9. The molecule has 0 aliphatic carbocycles. The van der Waals surface area contributed by atoms with E-state index in [0.29, 0.717) is 10.2 Å². The molecular formula is C17H11BrN2O3S. The monoisotopic (exact) mass is 402 g/mol. The molecule has 2 aromatic heterocycles. The molecule has 4 aromatic rings. The van der Waals surface area contributed by atoms with Gasteiger partial charge in [0.15, 0.2) is 0 Å². The number of benzene rings is 2. The topological polar surface area (TPSA) is 64.2 Å². The Morgan fingerprint density at radius 1 is 1.04 bits per heavy atom. The van der Waals surface area contributed by atoms with Crippen LogP contribution in [0.2, 0.25) is 0 Å². The Labute approximate surface area is 148 Å². The minimum atomic E-state index is -0.744. The van der Waals surface area contributed by atoms with E-state index in [2.05, 4.69) is 15.9 Å². The number of nitrogens with zero attached hydrogens (tertiary/aromatic N) is 2. The number of hydrogen-bond acceptors (Lipinski definition) is 4. The minimum absolute atomic E-state index is 0.189. The Kier molecular flexibility index (Phi) is 3.54. The van der Waals surface area contributed by atoms with Gasteiger partial charge in [-0.15, -0.1) is 11.3 Å². The number of rotatable bonds is 2. The van der Waals surface area contributed by atoms with E-state index in [1.165, 1.54) is 15.9 Å². The highest BCUT2D eigenvalue weighted by Crippen LogP contribution is 2.31. The van der Waals surface area contributed by atoms with Gasteiger partial charge in [0.1, 0.15) is 4.70 Å². The summed E-state index contributed by atoms with van der Waals surface area (Å²) in [6.07, 6.45) is 0. The second kappa shape index (κ2) is 5.61. The van der Waals surface area contributed by atoms with E-state index in [0.717, 1.165) is 20.1 Å². The van der Waals surface area contributed by atoms with Gasteiger partial charge in [0.2, 0.25) is 0 Å². The molecule has 0 saturated carbocycles. The van der Waals surface area contributed by atoms with E-state index in [1.807, 2.05) is 48.5 Å². The third-order valence-corrected chi connectivity index (χ3v) is 5.85. The van der Waals surface area contributed by atoms with Crippen LogP contribution in [0, 0.1) is 0 Å². The van der Waals surface area contributed by atoms with E-state index >= 15 is 0 Å². The lowest BCUT2D eigenvalue weighted by Crippen LogP contribution is -2.38. The van der Waals surface area contributed by atoms with Crippen molar-refractivity contribution in [2.24, 2.45) is 0 Å². The number of thiophene rings is 1. The zero-order valence-corrected chi connectivity index (χ0v) is 14.7. The molecule has 1 N–H and O–H groups in total. The first-order chi connectivity index (χ1) is 11.6. The molecular weight excluding hydrogens is 392 g/mol. The van der Waals surface area contributed by atoms with Gasteiger partial charge >= 0.3 is 11.2 Å². The van der Waals surface area contributed by atoms with E-state index in [-0.39, 0.29) is 11.3 Å². The van der Waals surface area contributed by atoms with E-state index in [9.17, 15) is 14.8 Å². The maximum atomic E-state index is 12.5. The Bertz CT molecular complexity index is 1210. The van der Waals surface area contributed by atoms with Crippen molar-refractivity contribution in [1.82, 2.24) is 9.30 Å². The van der Waals surface area contributed by atoms with Crippen LogP contribution in [0.25, 0.3) is 20.3 Å². The fourth-order valence-corrected chi connectivity index (χ4v) is 4.32. The van der Waals surface area contributed by atoms with Crippen LogP contribution in [-0.4, -0.2) is 14.5 Å². The molecule has 0 fully saturated rings. The average Bonchev–Trinajstić information content (AvgIpc) is 2.98. The molecule has 2 heterocycles. The molecule has 0 aliphatic rings. The SMILES string of the molecule is O=c1c2sc3ccccc3c2n(Cc2ccccc2Br)c(=O)n1O. The van der Waals surface area contributed by atoms with Crippen LogP contribution in [0.4, 0.5) is 0 Å². The van der Waals surface area contributed by atoms with E-state index in [4.69, 9.17) is 0 Å². The van der Waals surface area contributed by atoms with Gasteiger partial charge in [-0.05, 0) is 17.7 Å². The first kappa shape index (κ1) is 15.2. The van der Waals surface area contributed by atoms with Crippen molar-refractivity contribution in [2.45, 2.75) is 6.54 Å². The first-order valence-electron chi connectivity index (χ1n) is 7.17. The van der Waals surface area contributed by atoms with Crippen molar-refractivity contribution in [3.8, 4) is 0 Å². The van der Waals surface area contributed by atoms with Crippen molar-refractivity contribution in [2.75, 3.05) is 0 Å². The molecule has 0 atom stereocenters. The second-order valence-corrected chi connectivity index (χ2v) is 7.26. The van der Waals surface area contributed by atoms with Crippen LogP contribution in [0.15, 0.2) is 62.6 Å². The van der Waals surface area contributed by atoms with Gasteiger partial charge in [-0.3, -0.25) is 9.36 Å². The summed E-state index contributed by atoms with van der Waals surface area (Å²) in [4.78, 5) is 24.8. The maximum absolute atomic E-state index is 12.5. The Morgan fingerprint density at radius 2 is 1.75 bits per heavy atom.